The van der Waals surface area contributed by atoms with Crippen LogP contribution in [-0.4, -0.2) is 4.98 Å². The van der Waals surface area contributed by atoms with Crippen LogP contribution in [0, 0.1) is 23.5 Å². The van der Waals surface area contributed by atoms with E-state index in [-0.39, 0.29) is 23.2 Å². The first-order valence-electron chi connectivity index (χ1n) is 9.29. The predicted molar refractivity (Wildman–Crippen MR) is 93.1 cm³/mol. The van der Waals surface area contributed by atoms with Crippen molar-refractivity contribution in [2.24, 2.45) is 0 Å². The maximum Gasteiger partial charge on any atom is 0.251 e. The van der Waals surface area contributed by atoms with Gasteiger partial charge in [0.25, 0.3) is 5.95 Å². The highest BCUT2D eigenvalue weighted by Gasteiger charge is 2.28. The Kier molecular flexibility index (Phi) is 5.94. The van der Waals surface area contributed by atoms with E-state index in [4.69, 9.17) is 0 Å². The second-order valence-electron chi connectivity index (χ2n) is 7.15. The summed E-state index contributed by atoms with van der Waals surface area (Å²) in [6, 6.07) is 6.38. The smallest absolute Gasteiger partial charge is 0.207 e. The molecule has 1 fully saturated rings. The van der Waals surface area contributed by atoms with E-state index >= 15 is 0 Å². The summed E-state index contributed by atoms with van der Waals surface area (Å²) >= 11 is 0. The number of aryl methyl sites for hydroxylation is 1. The maximum atomic E-state index is 14.5. The van der Waals surface area contributed by atoms with Gasteiger partial charge < -0.3 is 0 Å². The average Bonchev–Trinajstić information content (AvgIpc) is 2.63. The Hall–Kier alpha value is -1.91. The van der Waals surface area contributed by atoms with E-state index < -0.39 is 17.7 Å². The number of hydrogen-bond acceptors (Lipinski definition) is 1. The van der Waals surface area contributed by atoms with Crippen LogP contribution in [0.5, 0.6) is 0 Å². The zero-order valence-electron chi connectivity index (χ0n) is 14.9. The van der Waals surface area contributed by atoms with Crippen molar-refractivity contribution in [2.45, 2.75) is 63.7 Å². The SMILES string of the molecule is CCCCc1ccc(C2CCC(c3cc(F)c(F)nc3F)CC2)c(F)c1. The normalized spacial score (nSPS) is 20.3. The van der Waals surface area contributed by atoms with E-state index in [9.17, 15) is 17.6 Å². The third kappa shape index (κ3) is 4.08. The predicted octanol–water partition coefficient (Wildman–Crippen LogP) is 6.42. The van der Waals surface area contributed by atoms with Crippen molar-refractivity contribution in [3.8, 4) is 0 Å². The van der Waals surface area contributed by atoms with Gasteiger partial charge in [0.2, 0.25) is 5.95 Å². The van der Waals surface area contributed by atoms with Crippen LogP contribution in [0.25, 0.3) is 0 Å². The van der Waals surface area contributed by atoms with E-state index in [2.05, 4.69) is 11.9 Å². The zero-order valence-corrected chi connectivity index (χ0v) is 14.9. The van der Waals surface area contributed by atoms with Gasteiger partial charge in [0.1, 0.15) is 5.82 Å². The van der Waals surface area contributed by atoms with Crippen molar-refractivity contribution in [3.63, 3.8) is 0 Å². The monoisotopic (exact) mass is 365 g/mol. The Morgan fingerprint density at radius 3 is 2.12 bits per heavy atom. The lowest BCUT2D eigenvalue weighted by molar-refractivity contribution is 0.368. The molecule has 1 nitrogen and oxygen atoms in total. The molecule has 1 saturated carbocycles. The lowest BCUT2D eigenvalue weighted by Gasteiger charge is -2.29. The van der Waals surface area contributed by atoms with Crippen molar-refractivity contribution in [2.75, 3.05) is 0 Å². The van der Waals surface area contributed by atoms with Gasteiger partial charge in [-0.2, -0.15) is 13.8 Å². The van der Waals surface area contributed by atoms with Crippen LogP contribution >= 0.6 is 0 Å². The molecule has 0 saturated heterocycles. The van der Waals surface area contributed by atoms with Crippen LogP contribution in [0.4, 0.5) is 17.6 Å². The molecule has 3 rings (SSSR count). The Balaban J connectivity index is 1.68. The molecule has 5 heteroatoms. The summed E-state index contributed by atoms with van der Waals surface area (Å²) in [7, 11) is 0. The van der Waals surface area contributed by atoms with E-state index in [0.717, 1.165) is 30.9 Å². The molecular weight excluding hydrogens is 342 g/mol. The van der Waals surface area contributed by atoms with Crippen LogP contribution < -0.4 is 0 Å². The summed E-state index contributed by atoms with van der Waals surface area (Å²) in [6.07, 6.45) is 5.57. The molecule has 0 atom stereocenters. The van der Waals surface area contributed by atoms with Gasteiger partial charge in [-0.15, -0.1) is 0 Å². The summed E-state index contributed by atoms with van der Waals surface area (Å²) < 4.78 is 54.7. The molecule has 0 radical (unpaired) electrons. The molecule has 26 heavy (non-hydrogen) atoms. The van der Waals surface area contributed by atoms with Gasteiger partial charge >= 0.3 is 0 Å². The topological polar surface area (TPSA) is 12.9 Å². The van der Waals surface area contributed by atoms with Crippen LogP contribution in [-0.2, 0) is 6.42 Å². The van der Waals surface area contributed by atoms with Crippen LogP contribution in [0.1, 0.15) is 74.0 Å². The molecule has 0 unspecified atom stereocenters. The van der Waals surface area contributed by atoms with Crippen molar-refractivity contribution in [1.82, 2.24) is 4.98 Å². The summed E-state index contributed by atoms with van der Waals surface area (Å²) in [5.74, 6) is -3.79. The fourth-order valence-corrected chi connectivity index (χ4v) is 3.90. The number of aromatic nitrogens is 1. The number of pyridine rings is 1. The molecule has 0 aliphatic heterocycles. The molecule has 0 spiro atoms. The Morgan fingerprint density at radius 2 is 1.50 bits per heavy atom. The summed E-state index contributed by atoms with van der Waals surface area (Å²) in [6.45, 7) is 2.11. The van der Waals surface area contributed by atoms with Gasteiger partial charge in [-0.3, -0.25) is 0 Å². The fraction of sp³-hybridized carbons (Fsp3) is 0.476. The maximum absolute atomic E-state index is 14.5. The van der Waals surface area contributed by atoms with E-state index in [1.807, 2.05) is 12.1 Å². The molecule has 1 aliphatic rings. The number of hydrogen-bond donors (Lipinski definition) is 0. The van der Waals surface area contributed by atoms with Gasteiger partial charge in [0, 0.05) is 5.56 Å². The van der Waals surface area contributed by atoms with Crippen molar-refractivity contribution in [1.29, 1.82) is 0 Å². The quantitative estimate of drug-likeness (QED) is 0.440. The Labute approximate surface area is 151 Å². The molecule has 1 aromatic heterocycles. The number of halogens is 4. The van der Waals surface area contributed by atoms with E-state index in [0.29, 0.717) is 31.2 Å². The zero-order chi connectivity index (χ0) is 18.7. The summed E-state index contributed by atoms with van der Waals surface area (Å²) in [5.41, 5.74) is 1.84. The van der Waals surface area contributed by atoms with E-state index in [1.54, 1.807) is 6.07 Å². The second-order valence-corrected chi connectivity index (χ2v) is 7.15. The Morgan fingerprint density at radius 1 is 0.846 bits per heavy atom. The molecule has 0 amide bonds. The van der Waals surface area contributed by atoms with Crippen LogP contribution in [0.3, 0.4) is 0 Å². The largest absolute Gasteiger partial charge is 0.251 e. The lowest BCUT2D eigenvalue weighted by Crippen LogP contribution is -2.15. The minimum absolute atomic E-state index is 0.0767. The molecule has 140 valence electrons. The number of nitrogens with zero attached hydrogens (tertiary/aromatic N) is 1. The van der Waals surface area contributed by atoms with Crippen LogP contribution in [0.2, 0.25) is 0 Å². The molecule has 1 aromatic carbocycles. The first-order valence-corrected chi connectivity index (χ1v) is 9.29. The van der Waals surface area contributed by atoms with Crippen molar-refractivity contribution < 1.29 is 17.6 Å². The minimum Gasteiger partial charge on any atom is -0.207 e. The highest BCUT2D eigenvalue weighted by atomic mass is 19.2. The number of unbranched alkanes of at least 4 members (excludes halogenated alkanes) is 1. The third-order valence-electron chi connectivity index (χ3n) is 5.40. The summed E-state index contributed by atoms with van der Waals surface area (Å²) in [5, 5.41) is 0. The van der Waals surface area contributed by atoms with Gasteiger partial charge in [0.05, 0.1) is 0 Å². The summed E-state index contributed by atoms with van der Waals surface area (Å²) in [4.78, 5) is 3.01. The van der Waals surface area contributed by atoms with Crippen LogP contribution in [0.15, 0.2) is 24.3 Å². The fourth-order valence-electron chi connectivity index (χ4n) is 3.90. The highest BCUT2D eigenvalue weighted by Crippen LogP contribution is 2.41. The minimum atomic E-state index is -1.41. The number of rotatable bonds is 5. The molecule has 1 heterocycles. The second kappa shape index (κ2) is 8.19. The molecule has 1 aliphatic carbocycles. The van der Waals surface area contributed by atoms with Gasteiger partial charge in [0.15, 0.2) is 5.82 Å². The van der Waals surface area contributed by atoms with Gasteiger partial charge in [-0.25, -0.2) is 8.78 Å². The molecule has 0 bridgehead atoms. The molecule has 2 aromatic rings. The van der Waals surface area contributed by atoms with Crippen molar-refractivity contribution in [3.05, 3.63) is 64.5 Å². The lowest BCUT2D eigenvalue weighted by atomic mass is 9.76. The van der Waals surface area contributed by atoms with Gasteiger partial charge in [-0.1, -0.05) is 25.5 Å². The highest BCUT2D eigenvalue weighted by molar-refractivity contribution is 5.29. The Bertz CT molecular complexity index is 767. The molecular formula is C21H23F4N. The standard InChI is InChI=1S/C21H23F4N/c1-2-3-4-13-5-10-16(18(22)11-13)14-6-8-15(9-7-14)17-12-19(23)21(25)26-20(17)24/h5,10-12,14-15H,2-4,6-9H2,1H3. The first kappa shape index (κ1) is 18.9. The first-order chi connectivity index (χ1) is 12.5. The van der Waals surface area contributed by atoms with Crippen molar-refractivity contribution >= 4 is 0 Å². The average molecular weight is 365 g/mol. The van der Waals surface area contributed by atoms with Gasteiger partial charge in [-0.05, 0) is 73.6 Å². The molecule has 0 N–H and O–H groups in total. The third-order valence-corrected chi connectivity index (χ3v) is 5.40. The van der Waals surface area contributed by atoms with E-state index in [1.165, 1.54) is 0 Å². The number of benzene rings is 1.